The predicted octanol–water partition coefficient (Wildman–Crippen LogP) is 0.671. The van der Waals surface area contributed by atoms with Gasteiger partial charge in [-0.05, 0) is 37.5 Å². The molecule has 3 aliphatic rings. The summed E-state index contributed by atoms with van der Waals surface area (Å²) in [5.41, 5.74) is 0.912. The van der Waals surface area contributed by atoms with Gasteiger partial charge >= 0.3 is 0 Å². The molecule has 2 fully saturated rings. The zero-order chi connectivity index (χ0) is 19.8. The van der Waals surface area contributed by atoms with Gasteiger partial charge in [0, 0.05) is 62.0 Å². The number of hydrogen-bond acceptors (Lipinski definition) is 6. The molecule has 0 aliphatic carbocycles. The van der Waals surface area contributed by atoms with E-state index in [2.05, 4.69) is 25.7 Å². The zero-order valence-electron chi connectivity index (χ0n) is 16.3. The molecule has 0 radical (unpaired) electrons. The molecule has 0 spiro atoms. The van der Waals surface area contributed by atoms with E-state index in [0.717, 1.165) is 57.0 Å². The van der Waals surface area contributed by atoms with Crippen LogP contribution in [0.4, 0.5) is 5.82 Å². The van der Waals surface area contributed by atoms with Gasteiger partial charge in [0.1, 0.15) is 6.04 Å². The van der Waals surface area contributed by atoms with Gasteiger partial charge in [0.25, 0.3) is 5.56 Å². The largest absolute Gasteiger partial charge is 0.355 e. The van der Waals surface area contributed by atoms with Crippen molar-refractivity contribution in [1.29, 1.82) is 0 Å². The summed E-state index contributed by atoms with van der Waals surface area (Å²) in [7, 11) is 0. The summed E-state index contributed by atoms with van der Waals surface area (Å²) < 4.78 is 1.75. The summed E-state index contributed by atoms with van der Waals surface area (Å²) in [6.45, 7) is 3.31. The van der Waals surface area contributed by atoms with Crippen molar-refractivity contribution in [2.24, 2.45) is 5.92 Å². The predicted molar refractivity (Wildman–Crippen MR) is 109 cm³/mol. The molecule has 152 valence electrons. The average molecular weight is 394 g/mol. The number of anilines is 1. The highest BCUT2D eigenvalue weighted by Gasteiger charge is 2.42. The normalized spacial score (nSPS) is 26.6. The lowest BCUT2D eigenvalue weighted by Crippen LogP contribution is -2.54. The Hall–Kier alpha value is -2.74. The summed E-state index contributed by atoms with van der Waals surface area (Å²) >= 11 is 0. The molecule has 2 N–H and O–H groups in total. The van der Waals surface area contributed by atoms with Crippen molar-refractivity contribution in [2.75, 3.05) is 31.1 Å². The van der Waals surface area contributed by atoms with Crippen LogP contribution in [-0.2, 0) is 4.79 Å². The van der Waals surface area contributed by atoms with Crippen LogP contribution < -0.4 is 21.1 Å². The van der Waals surface area contributed by atoms with E-state index < -0.39 is 6.04 Å². The van der Waals surface area contributed by atoms with Gasteiger partial charge in [-0.25, -0.2) is 0 Å². The van der Waals surface area contributed by atoms with Crippen LogP contribution in [0.3, 0.4) is 0 Å². The molecule has 0 saturated carbocycles. The van der Waals surface area contributed by atoms with Gasteiger partial charge in [-0.2, -0.15) is 5.10 Å². The van der Waals surface area contributed by atoms with E-state index >= 15 is 0 Å². The van der Waals surface area contributed by atoms with Crippen LogP contribution in [0.15, 0.2) is 41.3 Å². The van der Waals surface area contributed by atoms with Gasteiger partial charge in [0.2, 0.25) is 5.91 Å². The first-order valence-corrected chi connectivity index (χ1v) is 10.5. The first-order valence-electron chi connectivity index (χ1n) is 10.5. The monoisotopic (exact) mass is 394 g/mol. The van der Waals surface area contributed by atoms with E-state index in [-0.39, 0.29) is 23.4 Å². The van der Waals surface area contributed by atoms with Crippen LogP contribution in [0.25, 0.3) is 0 Å². The molecule has 1 amide bonds. The molecular formula is C21H26N6O2. The summed E-state index contributed by atoms with van der Waals surface area (Å²) in [5.74, 6) is 1.32. The number of fused-ring (bicyclic) bond motifs is 4. The number of pyridine rings is 1. The number of hydrogen-bond donors (Lipinski definition) is 2. The molecule has 2 saturated heterocycles. The fraction of sp³-hybridized carbons (Fsp3) is 0.524. The van der Waals surface area contributed by atoms with Crippen molar-refractivity contribution in [1.82, 2.24) is 25.4 Å². The first-order chi connectivity index (χ1) is 14.2. The van der Waals surface area contributed by atoms with Gasteiger partial charge in [-0.3, -0.25) is 14.2 Å². The second kappa shape index (κ2) is 7.59. The number of amides is 1. The molecule has 0 aromatic carbocycles. The Kier molecular flexibility index (Phi) is 4.79. The molecule has 5 heterocycles. The van der Waals surface area contributed by atoms with E-state index in [1.807, 2.05) is 18.2 Å². The van der Waals surface area contributed by atoms with Crippen LogP contribution in [0.2, 0.25) is 0 Å². The summed E-state index contributed by atoms with van der Waals surface area (Å²) in [6.07, 6.45) is 4.35. The van der Waals surface area contributed by atoms with Crippen molar-refractivity contribution in [2.45, 2.75) is 37.3 Å². The van der Waals surface area contributed by atoms with Gasteiger partial charge in [0.05, 0.1) is 0 Å². The highest BCUT2D eigenvalue weighted by Crippen LogP contribution is 2.38. The lowest BCUT2D eigenvalue weighted by molar-refractivity contribution is -0.127. The molecule has 29 heavy (non-hydrogen) atoms. The number of aromatic nitrogens is 3. The molecule has 2 aromatic rings. The van der Waals surface area contributed by atoms with E-state index in [0.29, 0.717) is 5.92 Å². The van der Waals surface area contributed by atoms with Crippen LogP contribution in [0.5, 0.6) is 0 Å². The van der Waals surface area contributed by atoms with Crippen molar-refractivity contribution in [3.63, 3.8) is 0 Å². The lowest BCUT2D eigenvalue weighted by Gasteiger charge is -2.43. The molecular weight excluding hydrogens is 368 g/mol. The summed E-state index contributed by atoms with van der Waals surface area (Å²) in [4.78, 5) is 28.1. The van der Waals surface area contributed by atoms with Crippen molar-refractivity contribution in [3.05, 3.63) is 52.6 Å². The fourth-order valence-electron chi connectivity index (χ4n) is 5.13. The van der Waals surface area contributed by atoms with Crippen molar-refractivity contribution >= 4 is 11.7 Å². The quantitative estimate of drug-likeness (QED) is 0.795. The second-order valence-corrected chi connectivity index (χ2v) is 8.31. The first kappa shape index (κ1) is 18.3. The molecule has 8 heteroatoms. The molecule has 2 bridgehead atoms. The molecule has 2 aromatic heterocycles. The third kappa shape index (κ3) is 3.42. The van der Waals surface area contributed by atoms with Crippen molar-refractivity contribution in [3.8, 4) is 0 Å². The highest BCUT2D eigenvalue weighted by molar-refractivity contribution is 5.81. The zero-order valence-corrected chi connectivity index (χ0v) is 16.3. The van der Waals surface area contributed by atoms with Gasteiger partial charge < -0.3 is 15.5 Å². The topological polar surface area (TPSA) is 92.2 Å². The minimum atomic E-state index is -0.430. The Morgan fingerprint density at radius 3 is 2.79 bits per heavy atom. The van der Waals surface area contributed by atoms with Gasteiger partial charge in [0.15, 0.2) is 5.82 Å². The summed E-state index contributed by atoms with van der Waals surface area (Å²) in [5, 5.41) is 14.8. The standard InChI is InChI=1S/C21H26N6O2/c28-19-5-1-3-17-14-11-15(13-22-12-14)20(27(17)19)21(29)24-16-6-9-26(10-7-16)18-4-2-8-23-25-18/h1-5,8,14-16,20,22H,6-7,9-13H2,(H,24,29)/t14-,15+,20-/m1/s1. The van der Waals surface area contributed by atoms with Crippen LogP contribution in [0, 0.1) is 5.92 Å². The Labute approximate surface area is 169 Å². The van der Waals surface area contributed by atoms with E-state index in [1.54, 1.807) is 22.9 Å². The Balaban J connectivity index is 1.30. The third-order valence-corrected chi connectivity index (χ3v) is 6.54. The van der Waals surface area contributed by atoms with Crippen LogP contribution in [-0.4, -0.2) is 52.9 Å². The third-order valence-electron chi connectivity index (χ3n) is 6.54. The minimum Gasteiger partial charge on any atom is -0.355 e. The maximum Gasteiger partial charge on any atom is 0.251 e. The maximum absolute atomic E-state index is 13.3. The molecule has 3 aliphatic heterocycles. The van der Waals surface area contributed by atoms with E-state index in [4.69, 9.17) is 0 Å². The summed E-state index contributed by atoms with van der Waals surface area (Å²) in [6, 6.07) is 8.91. The maximum atomic E-state index is 13.3. The highest BCUT2D eigenvalue weighted by atomic mass is 16.2. The van der Waals surface area contributed by atoms with Crippen LogP contribution in [0.1, 0.15) is 36.9 Å². The van der Waals surface area contributed by atoms with Gasteiger partial charge in [-0.1, -0.05) is 6.07 Å². The SMILES string of the molecule is O=C(NC1CCN(c2cccnn2)CC1)[C@H]1[C@@H]2CNC[C@@H](C2)c2cccc(=O)n21. The second-order valence-electron chi connectivity index (χ2n) is 8.31. The van der Waals surface area contributed by atoms with Crippen LogP contribution >= 0.6 is 0 Å². The minimum absolute atomic E-state index is 0.0235. The number of piperidine rings is 2. The Morgan fingerprint density at radius 2 is 2.00 bits per heavy atom. The molecule has 0 unspecified atom stereocenters. The molecule has 3 atom stereocenters. The van der Waals surface area contributed by atoms with Crippen molar-refractivity contribution < 1.29 is 4.79 Å². The Bertz CT molecular complexity index is 938. The molecule has 8 nitrogen and oxygen atoms in total. The van der Waals surface area contributed by atoms with E-state index in [9.17, 15) is 9.59 Å². The fourth-order valence-corrected chi connectivity index (χ4v) is 5.13. The number of carbonyl (C=O) groups excluding carboxylic acids is 1. The Morgan fingerprint density at radius 1 is 1.14 bits per heavy atom. The lowest BCUT2D eigenvalue weighted by atomic mass is 9.79. The smallest absolute Gasteiger partial charge is 0.251 e. The average Bonchev–Trinajstić information content (AvgIpc) is 2.76. The number of nitrogens with zero attached hydrogens (tertiary/aromatic N) is 4. The van der Waals surface area contributed by atoms with E-state index in [1.165, 1.54) is 0 Å². The number of carbonyl (C=O) groups is 1. The number of nitrogens with one attached hydrogen (secondary N) is 2. The number of rotatable bonds is 3. The van der Waals surface area contributed by atoms with Gasteiger partial charge in [-0.15, -0.1) is 5.10 Å². The molecule has 5 rings (SSSR count).